The molecule has 0 spiro atoms. The summed E-state index contributed by atoms with van der Waals surface area (Å²) >= 11 is 6.82. The van der Waals surface area contributed by atoms with Crippen LogP contribution in [0.1, 0.15) is 30.1 Å². The summed E-state index contributed by atoms with van der Waals surface area (Å²) in [6.07, 6.45) is 2.50. The van der Waals surface area contributed by atoms with Crippen molar-refractivity contribution in [3.05, 3.63) is 32.7 Å². The third-order valence-corrected chi connectivity index (χ3v) is 4.26. The zero-order valence-electron chi connectivity index (χ0n) is 9.91. The van der Waals surface area contributed by atoms with Crippen LogP contribution in [0.15, 0.2) is 27.1 Å². The SMILES string of the molecule is CC(C1CC1)N(C)C(=O)c1cc(Br)cc(Br)c1. The number of carbonyl (C=O) groups excluding carboxylic acids is 1. The number of hydrogen-bond acceptors (Lipinski definition) is 1. The van der Waals surface area contributed by atoms with Gasteiger partial charge in [0.15, 0.2) is 0 Å². The number of halogens is 2. The van der Waals surface area contributed by atoms with Gasteiger partial charge >= 0.3 is 0 Å². The van der Waals surface area contributed by atoms with Crippen molar-refractivity contribution < 1.29 is 4.79 Å². The fourth-order valence-electron chi connectivity index (χ4n) is 1.96. The number of benzene rings is 1. The molecule has 0 bridgehead atoms. The number of carbonyl (C=O) groups is 1. The highest BCUT2D eigenvalue weighted by Crippen LogP contribution is 2.35. The molecule has 0 N–H and O–H groups in total. The van der Waals surface area contributed by atoms with Gasteiger partial charge < -0.3 is 4.90 Å². The van der Waals surface area contributed by atoms with Gasteiger partial charge in [-0.25, -0.2) is 0 Å². The summed E-state index contributed by atoms with van der Waals surface area (Å²) < 4.78 is 1.84. The van der Waals surface area contributed by atoms with Crippen molar-refractivity contribution in [1.82, 2.24) is 4.90 Å². The summed E-state index contributed by atoms with van der Waals surface area (Å²) in [5.74, 6) is 0.783. The molecule has 1 aliphatic carbocycles. The van der Waals surface area contributed by atoms with Crippen molar-refractivity contribution >= 4 is 37.8 Å². The first-order valence-corrected chi connectivity index (χ1v) is 7.31. The van der Waals surface area contributed by atoms with E-state index in [1.807, 2.05) is 30.1 Å². The normalized spacial score (nSPS) is 16.7. The van der Waals surface area contributed by atoms with Crippen LogP contribution < -0.4 is 0 Å². The standard InChI is InChI=1S/C13H15Br2NO/c1-8(9-3-4-9)16(2)13(17)10-5-11(14)7-12(15)6-10/h5-9H,3-4H2,1-2H3. The Labute approximate surface area is 119 Å². The molecular formula is C13H15Br2NO. The molecule has 1 fully saturated rings. The van der Waals surface area contributed by atoms with Crippen LogP contribution in [0.5, 0.6) is 0 Å². The summed E-state index contributed by atoms with van der Waals surface area (Å²) in [5.41, 5.74) is 0.723. The van der Waals surface area contributed by atoms with Gasteiger partial charge in [-0.1, -0.05) is 31.9 Å². The lowest BCUT2D eigenvalue weighted by Gasteiger charge is -2.25. The van der Waals surface area contributed by atoms with E-state index in [1.165, 1.54) is 12.8 Å². The smallest absolute Gasteiger partial charge is 0.253 e. The summed E-state index contributed by atoms with van der Waals surface area (Å²) in [7, 11) is 1.89. The van der Waals surface area contributed by atoms with Gasteiger partial charge in [-0.15, -0.1) is 0 Å². The van der Waals surface area contributed by atoms with Gasteiger partial charge in [-0.2, -0.15) is 0 Å². The lowest BCUT2D eigenvalue weighted by atomic mass is 10.1. The Kier molecular flexibility index (Phi) is 3.93. The topological polar surface area (TPSA) is 20.3 Å². The monoisotopic (exact) mass is 359 g/mol. The van der Waals surface area contributed by atoms with Crippen molar-refractivity contribution in [3.8, 4) is 0 Å². The van der Waals surface area contributed by atoms with Gasteiger partial charge in [-0.05, 0) is 43.9 Å². The van der Waals surface area contributed by atoms with Gasteiger partial charge in [-0.3, -0.25) is 4.79 Å². The van der Waals surface area contributed by atoms with Gasteiger partial charge in [0.25, 0.3) is 5.91 Å². The number of rotatable bonds is 3. The Morgan fingerprint density at radius 1 is 1.29 bits per heavy atom. The van der Waals surface area contributed by atoms with Crippen LogP contribution >= 0.6 is 31.9 Å². The lowest BCUT2D eigenvalue weighted by molar-refractivity contribution is 0.0727. The van der Waals surface area contributed by atoms with Crippen LogP contribution in [-0.4, -0.2) is 23.9 Å². The Hall–Kier alpha value is -0.350. The fraction of sp³-hybridized carbons (Fsp3) is 0.462. The van der Waals surface area contributed by atoms with Gasteiger partial charge in [0.2, 0.25) is 0 Å². The molecule has 17 heavy (non-hydrogen) atoms. The van der Waals surface area contributed by atoms with E-state index >= 15 is 0 Å². The minimum atomic E-state index is 0.0893. The second-order valence-electron chi connectivity index (χ2n) is 4.65. The highest BCUT2D eigenvalue weighted by Gasteiger charge is 2.32. The molecule has 92 valence electrons. The molecule has 0 radical (unpaired) electrons. The van der Waals surface area contributed by atoms with Gasteiger partial charge in [0.05, 0.1) is 0 Å². The van der Waals surface area contributed by atoms with E-state index in [2.05, 4.69) is 38.8 Å². The molecule has 0 heterocycles. The lowest BCUT2D eigenvalue weighted by Crippen LogP contribution is -2.36. The quantitative estimate of drug-likeness (QED) is 0.795. The summed E-state index contributed by atoms with van der Waals surface area (Å²) in [6.45, 7) is 2.13. The molecule has 4 heteroatoms. The zero-order valence-corrected chi connectivity index (χ0v) is 13.1. The first-order chi connectivity index (χ1) is 7.99. The molecule has 1 aromatic rings. The Balaban J connectivity index is 2.17. The molecule has 1 saturated carbocycles. The Morgan fingerprint density at radius 3 is 2.29 bits per heavy atom. The maximum Gasteiger partial charge on any atom is 0.253 e. The third kappa shape index (κ3) is 3.10. The molecule has 2 nitrogen and oxygen atoms in total. The molecule has 1 atom stereocenters. The summed E-state index contributed by atoms with van der Waals surface area (Å²) in [6, 6.07) is 5.99. The van der Waals surface area contributed by atoms with Crippen molar-refractivity contribution in [3.63, 3.8) is 0 Å². The molecule has 0 aliphatic heterocycles. The minimum Gasteiger partial charge on any atom is -0.339 e. The molecule has 1 aliphatic rings. The predicted molar refractivity (Wildman–Crippen MR) is 76.1 cm³/mol. The highest BCUT2D eigenvalue weighted by molar-refractivity contribution is 9.11. The number of nitrogens with zero attached hydrogens (tertiary/aromatic N) is 1. The van der Waals surface area contributed by atoms with E-state index < -0.39 is 0 Å². The Bertz CT molecular complexity index is 423. The molecule has 0 saturated heterocycles. The second kappa shape index (κ2) is 5.11. The van der Waals surface area contributed by atoms with E-state index in [0.717, 1.165) is 14.5 Å². The van der Waals surface area contributed by atoms with Gasteiger partial charge in [0.1, 0.15) is 0 Å². The largest absolute Gasteiger partial charge is 0.339 e. The first-order valence-electron chi connectivity index (χ1n) is 5.72. The second-order valence-corrected chi connectivity index (χ2v) is 6.48. The molecule has 0 aromatic heterocycles. The first kappa shape index (κ1) is 13.1. The number of hydrogen-bond donors (Lipinski definition) is 0. The minimum absolute atomic E-state index is 0.0893. The maximum atomic E-state index is 12.3. The third-order valence-electron chi connectivity index (χ3n) is 3.34. The molecule has 2 rings (SSSR count). The van der Waals surface area contributed by atoms with Crippen LogP contribution in [0.4, 0.5) is 0 Å². The molecule has 1 amide bonds. The Morgan fingerprint density at radius 2 is 1.82 bits per heavy atom. The van der Waals surface area contributed by atoms with E-state index in [9.17, 15) is 4.79 Å². The molecule has 1 unspecified atom stereocenters. The van der Waals surface area contributed by atoms with Gasteiger partial charge in [0, 0.05) is 27.6 Å². The van der Waals surface area contributed by atoms with E-state index in [0.29, 0.717) is 12.0 Å². The molecule has 1 aromatic carbocycles. The average Bonchev–Trinajstić information content (AvgIpc) is 3.08. The predicted octanol–water partition coefficient (Wildman–Crippen LogP) is 4.08. The highest BCUT2D eigenvalue weighted by atomic mass is 79.9. The zero-order chi connectivity index (χ0) is 12.6. The van der Waals surface area contributed by atoms with Crippen LogP contribution in [-0.2, 0) is 0 Å². The van der Waals surface area contributed by atoms with E-state index in [-0.39, 0.29) is 5.91 Å². The number of amides is 1. The summed E-state index contributed by atoms with van der Waals surface area (Å²) in [5, 5.41) is 0. The van der Waals surface area contributed by atoms with Crippen molar-refractivity contribution in [2.24, 2.45) is 5.92 Å². The van der Waals surface area contributed by atoms with Crippen LogP contribution in [0.2, 0.25) is 0 Å². The summed E-state index contributed by atoms with van der Waals surface area (Å²) in [4.78, 5) is 14.2. The van der Waals surface area contributed by atoms with E-state index in [4.69, 9.17) is 0 Å². The fourth-order valence-corrected chi connectivity index (χ4v) is 3.25. The van der Waals surface area contributed by atoms with Crippen molar-refractivity contribution in [1.29, 1.82) is 0 Å². The van der Waals surface area contributed by atoms with Crippen molar-refractivity contribution in [2.45, 2.75) is 25.8 Å². The average molecular weight is 361 g/mol. The van der Waals surface area contributed by atoms with Crippen molar-refractivity contribution in [2.75, 3.05) is 7.05 Å². The van der Waals surface area contributed by atoms with E-state index in [1.54, 1.807) is 0 Å². The van der Waals surface area contributed by atoms with Crippen LogP contribution in [0.3, 0.4) is 0 Å². The maximum absolute atomic E-state index is 12.3. The van der Waals surface area contributed by atoms with Crippen LogP contribution in [0.25, 0.3) is 0 Å². The molecular weight excluding hydrogens is 346 g/mol. The van der Waals surface area contributed by atoms with Crippen LogP contribution in [0, 0.1) is 5.92 Å².